The van der Waals surface area contributed by atoms with E-state index in [0.717, 1.165) is 36.1 Å². The average molecular weight is 354 g/mol. The molecule has 1 unspecified atom stereocenters. The molecule has 2 fully saturated rings. The molecule has 1 heterocycles. The van der Waals surface area contributed by atoms with Gasteiger partial charge in [-0.05, 0) is 49.6 Å². The van der Waals surface area contributed by atoms with Crippen molar-refractivity contribution in [2.24, 2.45) is 5.73 Å². The lowest BCUT2D eigenvalue weighted by Crippen LogP contribution is -2.41. The number of ether oxygens (including phenoxy) is 2. The Morgan fingerprint density at radius 1 is 1.33 bits per heavy atom. The van der Waals surface area contributed by atoms with E-state index in [1.807, 2.05) is 6.07 Å². The summed E-state index contributed by atoms with van der Waals surface area (Å²) in [6.07, 6.45) is 8.17. The van der Waals surface area contributed by atoms with Gasteiger partial charge >= 0.3 is 0 Å². The van der Waals surface area contributed by atoms with Crippen molar-refractivity contribution in [2.45, 2.75) is 56.7 Å². The summed E-state index contributed by atoms with van der Waals surface area (Å²) in [5.41, 5.74) is 6.99. The van der Waals surface area contributed by atoms with E-state index in [1.165, 1.54) is 31.2 Å². The van der Waals surface area contributed by atoms with Crippen molar-refractivity contribution in [1.29, 1.82) is 0 Å². The zero-order valence-corrected chi connectivity index (χ0v) is 14.0. The van der Waals surface area contributed by atoms with Crippen LogP contribution in [0.15, 0.2) is 22.7 Å². The summed E-state index contributed by atoms with van der Waals surface area (Å²) in [5, 5.41) is 0. The van der Waals surface area contributed by atoms with Crippen LogP contribution in [0.1, 0.15) is 44.1 Å². The Bertz CT molecular complexity index is 486. The lowest BCUT2D eigenvalue weighted by atomic mass is 9.90. The van der Waals surface area contributed by atoms with Gasteiger partial charge < -0.3 is 15.2 Å². The molecule has 1 aliphatic heterocycles. The third-order valence-corrected chi connectivity index (χ3v) is 5.47. The summed E-state index contributed by atoms with van der Waals surface area (Å²) in [7, 11) is 0. The minimum Gasteiger partial charge on any atom is -0.490 e. The van der Waals surface area contributed by atoms with E-state index in [1.54, 1.807) is 0 Å². The zero-order chi connectivity index (χ0) is 14.7. The Hall–Kier alpha value is -0.580. The molecule has 21 heavy (non-hydrogen) atoms. The SMILES string of the molecule is NCCc1cc(OC2CCOC3(CCCC3)C2)ccc1Br. The van der Waals surface area contributed by atoms with Gasteiger partial charge in [-0.15, -0.1) is 0 Å². The molecule has 116 valence electrons. The number of hydrogen-bond donors (Lipinski definition) is 1. The molecule has 0 amide bonds. The van der Waals surface area contributed by atoms with Crippen LogP contribution in [-0.4, -0.2) is 24.9 Å². The van der Waals surface area contributed by atoms with Gasteiger partial charge in [0.05, 0.1) is 12.2 Å². The normalized spacial score (nSPS) is 24.4. The van der Waals surface area contributed by atoms with Gasteiger partial charge in [-0.3, -0.25) is 0 Å². The summed E-state index contributed by atoms with van der Waals surface area (Å²) in [6, 6.07) is 6.22. The molecule has 1 spiro atoms. The molecule has 4 heteroatoms. The minimum atomic E-state index is 0.109. The Kier molecular flexibility index (Phi) is 4.87. The standard InChI is InChI=1S/C17H24BrNO2/c18-16-4-3-14(11-13(16)5-9-19)21-15-6-10-20-17(12-15)7-1-2-8-17/h3-4,11,15H,1-2,5-10,12,19H2. The van der Waals surface area contributed by atoms with Crippen LogP contribution in [0.3, 0.4) is 0 Å². The zero-order valence-electron chi connectivity index (χ0n) is 12.4. The van der Waals surface area contributed by atoms with E-state index in [4.69, 9.17) is 15.2 Å². The summed E-state index contributed by atoms with van der Waals surface area (Å²) in [4.78, 5) is 0. The first-order chi connectivity index (χ1) is 10.2. The summed E-state index contributed by atoms with van der Waals surface area (Å²) >= 11 is 3.57. The third-order valence-electron chi connectivity index (χ3n) is 4.70. The molecule has 1 saturated heterocycles. The van der Waals surface area contributed by atoms with Gasteiger partial charge in [0.15, 0.2) is 0 Å². The van der Waals surface area contributed by atoms with E-state index in [-0.39, 0.29) is 11.7 Å². The molecule has 0 bridgehead atoms. The lowest BCUT2D eigenvalue weighted by molar-refractivity contribution is -0.108. The van der Waals surface area contributed by atoms with Gasteiger partial charge in [0.25, 0.3) is 0 Å². The Balaban J connectivity index is 1.67. The molecule has 1 aliphatic carbocycles. The predicted molar refractivity (Wildman–Crippen MR) is 87.7 cm³/mol. The maximum atomic E-state index is 6.24. The number of rotatable bonds is 4. The molecule has 0 radical (unpaired) electrons. The van der Waals surface area contributed by atoms with E-state index in [9.17, 15) is 0 Å². The fourth-order valence-corrected chi connectivity index (χ4v) is 4.06. The summed E-state index contributed by atoms with van der Waals surface area (Å²) in [5.74, 6) is 0.960. The highest BCUT2D eigenvalue weighted by molar-refractivity contribution is 9.10. The second-order valence-electron chi connectivity index (χ2n) is 6.26. The minimum absolute atomic E-state index is 0.109. The highest BCUT2D eigenvalue weighted by atomic mass is 79.9. The summed E-state index contributed by atoms with van der Waals surface area (Å²) < 4.78 is 13.4. The highest BCUT2D eigenvalue weighted by Crippen LogP contribution is 2.41. The molecular weight excluding hydrogens is 330 g/mol. The lowest BCUT2D eigenvalue weighted by Gasteiger charge is -2.38. The van der Waals surface area contributed by atoms with Crippen LogP contribution in [-0.2, 0) is 11.2 Å². The van der Waals surface area contributed by atoms with E-state index >= 15 is 0 Å². The maximum Gasteiger partial charge on any atom is 0.120 e. The van der Waals surface area contributed by atoms with Crippen molar-refractivity contribution in [1.82, 2.24) is 0 Å². The van der Waals surface area contributed by atoms with Gasteiger partial charge in [-0.25, -0.2) is 0 Å². The van der Waals surface area contributed by atoms with Crippen LogP contribution in [0.5, 0.6) is 5.75 Å². The van der Waals surface area contributed by atoms with Crippen molar-refractivity contribution in [3.8, 4) is 5.75 Å². The number of benzene rings is 1. The monoisotopic (exact) mass is 353 g/mol. The molecule has 3 rings (SSSR count). The maximum absolute atomic E-state index is 6.24. The highest BCUT2D eigenvalue weighted by Gasteiger charge is 2.40. The largest absolute Gasteiger partial charge is 0.490 e. The molecule has 1 aromatic rings. The smallest absolute Gasteiger partial charge is 0.120 e. The first-order valence-corrected chi connectivity index (χ1v) is 8.79. The molecule has 2 N–H and O–H groups in total. The van der Waals surface area contributed by atoms with Crippen molar-refractivity contribution < 1.29 is 9.47 Å². The Morgan fingerprint density at radius 2 is 2.14 bits per heavy atom. The van der Waals surface area contributed by atoms with E-state index < -0.39 is 0 Å². The number of nitrogens with two attached hydrogens (primary N) is 1. The Labute approximate surface area is 135 Å². The number of hydrogen-bond acceptors (Lipinski definition) is 3. The van der Waals surface area contributed by atoms with Crippen molar-refractivity contribution in [3.05, 3.63) is 28.2 Å². The van der Waals surface area contributed by atoms with Crippen molar-refractivity contribution in [3.63, 3.8) is 0 Å². The average Bonchev–Trinajstić information content (AvgIpc) is 2.91. The van der Waals surface area contributed by atoms with Gasteiger partial charge in [-0.1, -0.05) is 28.8 Å². The number of halogens is 1. The van der Waals surface area contributed by atoms with Crippen LogP contribution in [0.4, 0.5) is 0 Å². The fourth-order valence-electron chi connectivity index (χ4n) is 3.62. The Morgan fingerprint density at radius 3 is 2.90 bits per heavy atom. The van der Waals surface area contributed by atoms with E-state index in [2.05, 4.69) is 28.1 Å². The fraction of sp³-hybridized carbons (Fsp3) is 0.647. The van der Waals surface area contributed by atoms with Gasteiger partial charge in [-0.2, -0.15) is 0 Å². The second-order valence-corrected chi connectivity index (χ2v) is 7.12. The second kappa shape index (κ2) is 6.67. The van der Waals surface area contributed by atoms with Crippen LogP contribution in [0, 0.1) is 0 Å². The van der Waals surface area contributed by atoms with E-state index in [0.29, 0.717) is 6.54 Å². The first-order valence-electron chi connectivity index (χ1n) is 8.00. The van der Waals surface area contributed by atoms with Crippen LogP contribution < -0.4 is 10.5 Å². The predicted octanol–water partition coefficient (Wildman–Crippen LogP) is 3.82. The summed E-state index contributed by atoms with van der Waals surface area (Å²) in [6.45, 7) is 1.49. The van der Waals surface area contributed by atoms with Gasteiger partial charge in [0, 0.05) is 17.3 Å². The molecule has 1 atom stereocenters. The topological polar surface area (TPSA) is 44.5 Å². The van der Waals surface area contributed by atoms with Crippen LogP contribution in [0.25, 0.3) is 0 Å². The first kappa shape index (κ1) is 15.3. The van der Waals surface area contributed by atoms with Gasteiger partial charge in [0.1, 0.15) is 11.9 Å². The van der Waals surface area contributed by atoms with Crippen LogP contribution >= 0.6 is 15.9 Å². The molecular formula is C17H24BrNO2. The molecule has 3 nitrogen and oxygen atoms in total. The van der Waals surface area contributed by atoms with Crippen molar-refractivity contribution >= 4 is 15.9 Å². The molecule has 1 saturated carbocycles. The van der Waals surface area contributed by atoms with Gasteiger partial charge in [0.2, 0.25) is 0 Å². The van der Waals surface area contributed by atoms with Crippen LogP contribution in [0.2, 0.25) is 0 Å². The molecule has 2 aliphatic rings. The van der Waals surface area contributed by atoms with Crippen molar-refractivity contribution in [2.75, 3.05) is 13.2 Å². The third kappa shape index (κ3) is 3.61. The molecule has 0 aromatic heterocycles. The quantitative estimate of drug-likeness (QED) is 0.894. The molecule has 1 aromatic carbocycles.